The van der Waals surface area contributed by atoms with Crippen molar-refractivity contribution in [3.8, 4) is 5.69 Å². The molecule has 142 valence electrons. The third-order valence-electron chi connectivity index (χ3n) is 5.79. The van der Waals surface area contributed by atoms with E-state index in [0.29, 0.717) is 0 Å². The molecule has 6 aromatic rings. The molecule has 2 heterocycles. The molecule has 4 aromatic carbocycles. The van der Waals surface area contributed by atoms with E-state index in [0.717, 1.165) is 27.8 Å². The van der Waals surface area contributed by atoms with Crippen LogP contribution < -0.4 is 0 Å². The van der Waals surface area contributed by atoms with E-state index in [1.54, 1.807) is 0 Å². The predicted molar refractivity (Wildman–Crippen MR) is 129 cm³/mol. The number of para-hydroxylation sites is 1. The highest BCUT2D eigenvalue weighted by atomic mass is 32.1. The van der Waals surface area contributed by atoms with Crippen LogP contribution >= 0.6 is 11.3 Å². The Balaban J connectivity index is 1.80. The first kappa shape index (κ1) is 17.1. The summed E-state index contributed by atoms with van der Waals surface area (Å²) in [5, 5.41) is 20.5. The van der Waals surface area contributed by atoms with Crippen molar-refractivity contribution in [2.24, 2.45) is 0 Å². The van der Waals surface area contributed by atoms with Crippen LogP contribution in [0.3, 0.4) is 0 Å². The van der Waals surface area contributed by atoms with Gasteiger partial charge in [0, 0.05) is 48.9 Å². The van der Waals surface area contributed by atoms with Gasteiger partial charge < -0.3 is 15.4 Å². The summed E-state index contributed by atoms with van der Waals surface area (Å²) in [7, 11) is 0. The Morgan fingerprint density at radius 3 is 2.27 bits per heavy atom. The minimum Gasteiger partial charge on any atom is -0.309 e. The second-order valence-corrected chi connectivity index (χ2v) is 8.51. The molecular formula is C26H17N3S. The fourth-order valence-electron chi connectivity index (χ4n) is 4.43. The number of fused-ring (bicyclic) bond motifs is 6. The summed E-state index contributed by atoms with van der Waals surface area (Å²) in [6, 6.07) is 27.5. The van der Waals surface area contributed by atoms with Crippen molar-refractivity contribution in [1.82, 2.24) is 4.57 Å². The number of thiophene rings is 1. The van der Waals surface area contributed by atoms with Crippen LogP contribution in [0.1, 0.15) is 11.1 Å². The fraction of sp³-hybridized carbons (Fsp3) is 0. The normalized spacial score (nSPS) is 11.6. The molecule has 2 aromatic heterocycles. The van der Waals surface area contributed by atoms with Gasteiger partial charge in [0.05, 0.1) is 16.7 Å². The van der Waals surface area contributed by atoms with Crippen molar-refractivity contribution in [3.63, 3.8) is 0 Å². The standard InChI is InChI=1S/C26H17N3S/c27-14-16-9-10-22(17(11-16)15-28)29-23-7-3-1-5-18(23)20-12-21-19-6-2-4-8-25(19)30-26(21)13-24(20)29/h1-15,27-28H. The van der Waals surface area contributed by atoms with Gasteiger partial charge in [-0.3, -0.25) is 0 Å². The molecule has 0 spiro atoms. The number of hydrogen-bond donors (Lipinski definition) is 2. The molecule has 0 bridgehead atoms. The Morgan fingerprint density at radius 2 is 1.43 bits per heavy atom. The SMILES string of the molecule is N=Cc1ccc(-n2c3ccccc3c3cc4c(cc32)sc2ccccc24)c(C=N)c1. The number of aromatic nitrogens is 1. The van der Waals surface area contributed by atoms with E-state index in [1.807, 2.05) is 29.5 Å². The van der Waals surface area contributed by atoms with Gasteiger partial charge in [-0.25, -0.2) is 0 Å². The summed E-state index contributed by atoms with van der Waals surface area (Å²) >= 11 is 1.82. The quantitative estimate of drug-likeness (QED) is 0.295. The van der Waals surface area contributed by atoms with Crippen molar-refractivity contribution in [3.05, 3.63) is 90.0 Å². The predicted octanol–water partition coefficient (Wildman–Crippen LogP) is 7.15. The maximum atomic E-state index is 7.97. The largest absolute Gasteiger partial charge is 0.309 e. The highest BCUT2D eigenvalue weighted by Crippen LogP contribution is 2.40. The molecule has 6 rings (SSSR count). The second-order valence-electron chi connectivity index (χ2n) is 7.42. The van der Waals surface area contributed by atoms with Crippen LogP contribution in [0.5, 0.6) is 0 Å². The van der Waals surface area contributed by atoms with Crippen LogP contribution in [0.4, 0.5) is 0 Å². The van der Waals surface area contributed by atoms with Crippen LogP contribution in [0.15, 0.2) is 78.9 Å². The lowest BCUT2D eigenvalue weighted by Gasteiger charge is -2.12. The monoisotopic (exact) mass is 403 g/mol. The first-order chi connectivity index (χ1) is 14.8. The molecule has 0 radical (unpaired) electrons. The maximum absolute atomic E-state index is 7.97. The van der Waals surface area contributed by atoms with E-state index < -0.39 is 0 Å². The van der Waals surface area contributed by atoms with E-state index in [-0.39, 0.29) is 0 Å². The van der Waals surface area contributed by atoms with Crippen LogP contribution in [-0.2, 0) is 0 Å². The number of benzene rings is 4. The Kier molecular flexibility index (Phi) is 3.64. The topological polar surface area (TPSA) is 52.6 Å². The van der Waals surface area contributed by atoms with Crippen molar-refractivity contribution in [2.45, 2.75) is 0 Å². The van der Waals surface area contributed by atoms with Gasteiger partial charge in [0.25, 0.3) is 0 Å². The summed E-state index contributed by atoms with van der Waals surface area (Å²) in [5.74, 6) is 0. The summed E-state index contributed by atoms with van der Waals surface area (Å²) < 4.78 is 4.81. The van der Waals surface area contributed by atoms with Gasteiger partial charge in [-0.1, -0.05) is 42.5 Å². The van der Waals surface area contributed by atoms with Gasteiger partial charge in [0.2, 0.25) is 0 Å². The highest BCUT2D eigenvalue weighted by molar-refractivity contribution is 7.25. The summed E-state index contributed by atoms with van der Waals surface area (Å²) in [6.07, 6.45) is 2.70. The molecule has 0 aliphatic rings. The Bertz CT molecular complexity index is 1640. The molecule has 3 nitrogen and oxygen atoms in total. The van der Waals surface area contributed by atoms with Gasteiger partial charge in [0.1, 0.15) is 0 Å². The molecule has 2 N–H and O–H groups in total. The van der Waals surface area contributed by atoms with E-state index >= 15 is 0 Å². The van der Waals surface area contributed by atoms with Crippen LogP contribution in [0.25, 0.3) is 47.7 Å². The molecule has 0 atom stereocenters. The van der Waals surface area contributed by atoms with E-state index in [4.69, 9.17) is 10.8 Å². The number of hydrogen-bond acceptors (Lipinski definition) is 3. The zero-order chi connectivity index (χ0) is 20.2. The zero-order valence-electron chi connectivity index (χ0n) is 16.0. The highest BCUT2D eigenvalue weighted by Gasteiger charge is 2.16. The molecule has 0 aliphatic carbocycles. The van der Waals surface area contributed by atoms with Gasteiger partial charge in [-0.05, 0) is 42.0 Å². The summed E-state index contributed by atoms with van der Waals surface area (Å²) in [5.41, 5.74) is 4.82. The van der Waals surface area contributed by atoms with Gasteiger partial charge in [0.15, 0.2) is 0 Å². The van der Waals surface area contributed by atoms with E-state index in [1.165, 1.54) is 43.4 Å². The van der Waals surface area contributed by atoms with Crippen LogP contribution in [-0.4, -0.2) is 17.0 Å². The Morgan fingerprint density at radius 1 is 0.633 bits per heavy atom. The molecule has 0 amide bonds. The van der Waals surface area contributed by atoms with Crippen LogP contribution in [0.2, 0.25) is 0 Å². The molecular weight excluding hydrogens is 386 g/mol. The van der Waals surface area contributed by atoms with E-state index in [9.17, 15) is 0 Å². The Hall–Kier alpha value is -3.76. The fourth-order valence-corrected chi connectivity index (χ4v) is 5.55. The lowest BCUT2D eigenvalue weighted by atomic mass is 10.1. The van der Waals surface area contributed by atoms with E-state index in [2.05, 4.69) is 65.2 Å². The van der Waals surface area contributed by atoms with Crippen molar-refractivity contribution in [1.29, 1.82) is 10.8 Å². The number of nitrogens with zero attached hydrogens (tertiary/aromatic N) is 1. The van der Waals surface area contributed by atoms with Crippen LogP contribution in [0, 0.1) is 10.8 Å². The third-order valence-corrected chi connectivity index (χ3v) is 6.92. The first-order valence-corrected chi connectivity index (χ1v) is 10.6. The maximum Gasteiger partial charge on any atom is 0.0555 e. The zero-order valence-corrected chi connectivity index (χ0v) is 16.8. The van der Waals surface area contributed by atoms with Crippen molar-refractivity contribution >= 4 is 65.7 Å². The van der Waals surface area contributed by atoms with Crippen molar-refractivity contribution < 1.29 is 0 Å². The summed E-state index contributed by atoms with van der Waals surface area (Å²) in [4.78, 5) is 0. The lowest BCUT2D eigenvalue weighted by Crippen LogP contribution is -2.00. The molecule has 30 heavy (non-hydrogen) atoms. The Labute approximate surface area is 176 Å². The molecule has 0 unspecified atom stereocenters. The second kappa shape index (κ2) is 6.37. The molecule has 0 saturated carbocycles. The van der Waals surface area contributed by atoms with Crippen molar-refractivity contribution in [2.75, 3.05) is 0 Å². The van der Waals surface area contributed by atoms with Gasteiger partial charge in [-0.15, -0.1) is 11.3 Å². The smallest absolute Gasteiger partial charge is 0.0555 e. The average molecular weight is 404 g/mol. The molecule has 0 fully saturated rings. The molecule has 4 heteroatoms. The first-order valence-electron chi connectivity index (χ1n) is 9.78. The number of nitrogens with one attached hydrogen (secondary N) is 2. The minimum absolute atomic E-state index is 0.796. The number of rotatable bonds is 3. The van der Waals surface area contributed by atoms with Gasteiger partial charge >= 0.3 is 0 Å². The average Bonchev–Trinajstić information content (AvgIpc) is 3.32. The van der Waals surface area contributed by atoms with Gasteiger partial charge in [-0.2, -0.15) is 0 Å². The third kappa shape index (κ3) is 2.31. The minimum atomic E-state index is 0.796. The molecule has 0 saturated heterocycles. The summed E-state index contributed by atoms with van der Waals surface area (Å²) in [6.45, 7) is 0. The molecule has 0 aliphatic heterocycles. The lowest BCUT2D eigenvalue weighted by molar-refractivity contribution is 1.17.